The number of aryl methyl sites for hydroxylation is 3. The molecule has 2 amide bonds. The van der Waals surface area contributed by atoms with Gasteiger partial charge in [-0.2, -0.15) is 0 Å². The highest BCUT2D eigenvalue weighted by molar-refractivity contribution is 6.74. The van der Waals surface area contributed by atoms with Crippen LogP contribution in [0.15, 0.2) is 66.8 Å². The Balaban J connectivity index is 1.29. The van der Waals surface area contributed by atoms with Gasteiger partial charge >= 0.3 is 5.97 Å². The topological polar surface area (TPSA) is 122 Å². The molecule has 1 unspecified atom stereocenters. The zero-order valence-electron chi connectivity index (χ0n) is 39.4. The normalized spacial score (nSPS) is 16.7. The Kier molecular flexibility index (Phi) is 16.3. The fourth-order valence-corrected chi connectivity index (χ4v) is 8.56. The molecule has 13 heteroatoms. The molecule has 0 aromatic heterocycles. The highest BCUT2D eigenvalue weighted by atomic mass is 28.4. The lowest BCUT2D eigenvalue weighted by molar-refractivity contribution is -0.146. The van der Waals surface area contributed by atoms with Crippen molar-refractivity contribution in [2.45, 2.75) is 86.2 Å². The molecule has 0 spiro atoms. The smallest absolute Gasteiger partial charge is 0.331 e. The molecule has 2 fully saturated rings. The molecule has 0 radical (unpaired) electrons. The van der Waals surface area contributed by atoms with Crippen molar-refractivity contribution in [1.82, 2.24) is 9.80 Å². The number of ether oxygens (including phenoxy) is 6. The minimum atomic E-state index is -1.94. The summed E-state index contributed by atoms with van der Waals surface area (Å²) in [5.41, 5.74) is 7.36. The number of nitrogens with zero attached hydrogens (tertiary/aromatic N) is 2. The third-order valence-corrected chi connectivity index (χ3v) is 17.1. The Labute approximate surface area is 375 Å². The quantitative estimate of drug-likeness (QED) is 0.0499. The Morgan fingerprint density at radius 3 is 1.83 bits per heavy atom. The second-order valence-corrected chi connectivity index (χ2v) is 23.2. The van der Waals surface area contributed by atoms with E-state index < -0.39 is 14.3 Å². The van der Waals surface area contributed by atoms with Crippen molar-refractivity contribution in [3.63, 3.8) is 0 Å². The van der Waals surface area contributed by atoms with Crippen LogP contribution in [0, 0.1) is 32.6 Å². The van der Waals surface area contributed by atoms with Crippen LogP contribution in [0.5, 0.6) is 23.0 Å². The van der Waals surface area contributed by atoms with Gasteiger partial charge in [0.05, 0.1) is 20.8 Å². The minimum absolute atomic E-state index is 0.0285. The molecule has 0 saturated carbocycles. The van der Waals surface area contributed by atoms with Gasteiger partial charge in [-0.05, 0) is 122 Å². The van der Waals surface area contributed by atoms with Crippen LogP contribution in [0.25, 0.3) is 0 Å². The van der Waals surface area contributed by atoms with Crippen molar-refractivity contribution in [3.8, 4) is 23.0 Å². The third kappa shape index (κ3) is 12.3. The number of amides is 2. The Morgan fingerprint density at radius 2 is 1.27 bits per heavy atom. The van der Waals surface area contributed by atoms with Crippen LogP contribution in [0.1, 0.15) is 82.6 Å². The van der Waals surface area contributed by atoms with Gasteiger partial charge in [0.25, 0.3) is 11.8 Å². The first-order valence-electron chi connectivity index (χ1n) is 21.8. The molecule has 0 N–H and O–H groups in total. The Bertz CT molecular complexity index is 2180. The molecule has 2 heterocycles. The molecular weight excluding hydrogens is 817 g/mol. The summed E-state index contributed by atoms with van der Waals surface area (Å²) in [7, 11) is 0.929. The summed E-state index contributed by atoms with van der Waals surface area (Å²) in [5.74, 6) is 2.03. The number of benzene rings is 3. The van der Waals surface area contributed by atoms with Gasteiger partial charge in [-0.3, -0.25) is 9.59 Å². The summed E-state index contributed by atoms with van der Waals surface area (Å²) in [4.78, 5) is 42.7. The number of esters is 1. The van der Waals surface area contributed by atoms with Crippen molar-refractivity contribution < 1.29 is 47.2 Å². The summed E-state index contributed by atoms with van der Waals surface area (Å²) in [6.07, 6.45) is 0.946. The first kappa shape index (κ1) is 48.9. The van der Waals surface area contributed by atoms with Crippen LogP contribution in [0.4, 0.5) is 0 Å². The highest BCUT2D eigenvalue weighted by Crippen LogP contribution is 2.38. The van der Waals surface area contributed by atoms with Crippen LogP contribution in [0.2, 0.25) is 18.1 Å². The molecule has 2 atom stereocenters. The lowest BCUT2D eigenvalue weighted by atomic mass is 10.0. The van der Waals surface area contributed by atoms with Crippen LogP contribution in [0.3, 0.4) is 0 Å². The zero-order chi connectivity index (χ0) is 46.2. The summed E-state index contributed by atoms with van der Waals surface area (Å²) in [5, 5.41) is 0.103. The van der Waals surface area contributed by atoms with Crippen molar-refractivity contribution in [3.05, 3.63) is 106 Å². The molecule has 0 bridgehead atoms. The second kappa shape index (κ2) is 21.0. The molecule has 342 valence electrons. The molecular formula is C50H68N2O10Si. The van der Waals surface area contributed by atoms with Crippen molar-refractivity contribution in [1.29, 1.82) is 0 Å². The van der Waals surface area contributed by atoms with E-state index >= 15 is 0 Å². The summed E-state index contributed by atoms with van der Waals surface area (Å²) in [6.45, 7) is 31.0. The van der Waals surface area contributed by atoms with Gasteiger partial charge in [-0.1, -0.05) is 52.0 Å². The van der Waals surface area contributed by atoms with E-state index in [0.29, 0.717) is 72.8 Å². The first-order valence-corrected chi connectivity index (χ1v) is 24.7. The molecule has 3 aromatic carbocycles. The van der Waals surface area contributed by atoms with Gasteiger partial charge in [-0.25, -0.2) is 4.79 Å². The van der Waals surface area contributed by atoms with Gasteiger partial charge in [-0.15, -0.1) is 0 Å². The fraction of sp³-hybridized carbons (Fsp3) is 0.500. The van der Waals surface area contributed by atoms with E-state index in [0.717, 1.165) is 45.4 Å². The average Bonchev–Trinajstić information content (AvgIpc) is 3.82. The number of hydrogen-bond donors (Lipinski definition) is 0. The van der Waals surface area contributed by atoms with E-state index in [9.17, 15) is 14.4 Å². The number of rotatable bonds is 19. The van der Waals surface area contributed by atoms with E-state index in [2.05, 4.69) is 58.7 Å². The number of likely N-dealkylation sites (tertiary alicyclic amines) is 2. The summed E-state index contributed by atoms with van der Waals surface area (Å²) < 4.78 is 41.1. The monoisotopic (exact) mass is 884 g/mol. The lowest BCUT2D eigenvalue weighted by Crippen LogP contribution is -2.42. The summed E-state index contributed by atoms with van der Waals surface area (Å²) in [6, 6.07) is 13.1. The molecule has 12 nitrogen and oxygen atoms in total. The van der Waals surface area contributed by atoms with Crippen molar-refractivity contribution >= 4 is 26.1 Å². The molecule has 5 rings (SSSR count). The van der Waals surface area contributed by atoms with E-state index in [1.165, 1.54) is 7.11 Å². The number of carbonyl (C=O) groups is 3. The van der Waals surface area contributed by atoms with Gasteiger partial charge in [0.15, 0.2) is 19.8 Å². The first-order chi connectivity index (χ1) is 29.7. The second-order valence-electron chi connectivity index (χ2n) is 18.4. The standard InChI is InChI=1S/C50H68N2O10Si/c1-14-39-26-51(24-35(39)5)49(55)43-23-45(56-10)46(19-33(43)3)61-29-38-20-37(21-41(22-38)59-16-15-58-31-47(53)57-11)28-60-44-18-32(2)42(17-34(44)4)48(54)52-25-36(6)40(27-52)30-62-63(12,13)50(7,8)9/h17-23,39-40H,5-6,14-16,24-31H2,1-4,7-13H3/t39-,40?/m0/s1. The molecule has 2 aliphatic heterocycles. The third-order valence-electron chi connectivity index (χ3n) is 12.6. The van der Waals surface area contributed by atoms with Crippen LogP contribution >= 0.6 is 0 Å². The van der Waals surface area contributed by atoms with Gasteiger partial charge in [0, 0.05) is 49.8 Å². The molecule has 63 heavy (non-hydrogen) atoms. The van der Waals surface area contributed by atoms with E-state index in [4.69, 9.17) is 28.1 Å². The van der Waals surface area contributed by atoms with Crippen molar-refractivity contribution in [2.24, 2.45) is 11.8 Å². The van der Waals surface area contributed by atoms with Crippen LogP contribution in [-0.4, -0.2) is 103 Å². The van der Waals surface area contributed by atoms with Gasteiger partial charge in [0.1, 0.15) is 37.9 Å². The predicted molar refractivity (Wildman–Crippen MR) is 248 cm³/mol. The van der Waals surface area contributed by atoms with Gasteiger partial charge < -0.3 is 42.6 Å². The predicted octanol–water partition coefficient (Wildman–Crippen LogP) is 9.04. The number of hydrogen-bond acceptors (Lipinski definition) is 10. The lowest BCUT2D eigenvalue weighted by Gasteiger charge is -2.37. The maximum Gasteiger partial charge on any atom is 0.331 e. The Morgan fingerprint density at radius 1 is 0.714 bits per heavy atom. The molecule has 3 aromatic rings. The largest absolute Gasteiger partial charge is 0.493 e. The van der Waals surface area contributed by atoms with Crippen LogP contribution in [-0.2, 0) is 31.9 Å². The number of carbonyl (C=O) groups excluding carboxylic acids is 3. The SMILES string of the molecule is C=C1CN(C(=O)c2cc(C)c(OCc3cc(COc4cc(C)c(C(=O)N5CC(=C)[C@@H](CC)C5)cc4OC)cc(OCCOCC(=O)OC)c3)cc2C)CC1CO[Si](C)(C)C(C)(C)C. The molecule has 0 aliphatic carbocycles. The maximum atomic E-state index is 13.9. The van der Waals surface area contributed by atoms with E-state index in [1.54, 1.807) is 13.2 Å². The summed E-state index contributed by atoms with van der Waals surface area (Å²) >= 11 is 0. The Hall–Kier alpha value is -5.11. The highest BCUT2D eigenvalue weighted by Gasteiger charge is 2.39. The molecule has 2 saturated heterocycles. The minimum Gasteiger partial charge on any atom is -0.493 e. The van der Waals surface area contributed by atoms with E-state index in [-0.39, 0.29) is 55.8 Å². The average molecular weight is 885 g/mol. The molecule has 2 aliphatic rings. The zero-order valence-corrected chi connectivity index (χ0v) is 40.4. The van der Waals surface area contributed by atoms with Crippen molar-refractivity contribution in [2.75, 3.05) is 66.8 Å². The maximum absolute atomic E-state index is 13.9. The number of methoxy groups -OCH3 is 2. The van der Waals surface area contributed by atoms with Crippen LogP contribution < -0.4 is 18.9 Å². The fourth-order valence-electron chi connectivity index (χ4n) is 7.51. The van der Waals surface area contributed by atoms with E-state index in [1.807, 2.05) is 67.0 Å². The van der Waals surface area contributed by atoms with Gasteiger partial charge in [0.2, 0.25) is 0 Å².